The predicted octanol–water partition coefficient (Wildman–Crippen LogP) is 6.29. The van der Waals surface area contributed by atoms with E-state index in [2.05, 4.69) is 5.32 Å². The SMILES string of the molecule is COc1cccc(C(OCCCCCCOC(=O)NCCN2C(=O)c3ccc(C(=O)O)cc3C2=O)(c2ccccc2)c2ccccc2)c1OC. The number of methoxy groups -OCH3 is 2. The molecule has 5 rings (SSSR count). The molecule has 260 valence electrons. The number of benzene rings is 4. The van der Waals surface area contributed by atoms with Crippen LogP contribution in [-0.4, -0.2) is 74.4 Å². The van der Waals surface area contributed by atoms with Crippen LogP contribution in [0, 0.1) is 0 Å². The summed E-state index contributed by atoms with van der Waals surface area (Å²) >= 11 is 0. The van der Waals surface area contributed by atoms with Crippen molar-refractivity contribution in [2.24, 2.45) is 0 Å². The number of ether oxygens (including phenoxy) is 4. The number of hydrogen-bond acceptors (Lipinski definition) is 8. The van der Waals surface area contributed by atoms with Gasteiger partial charge in [-0.1, -0.05) is 79.2 Å². The third-order valence-electron chi connectivity index (χ3n) is 8.56. The molecule has 2 N–H and O–H groups in total. The van der Waals surface area contributed by atoms with Gasteiger partial charge in [0.25, 0.3) is 11.8 Å². The Hall–Kier alpha value is -5.68. The Balaban J connectivity index is 1.11. The lowest BCUT2D eigenvalue weighted by Crippen LogP contribution is -2.38. The number of nitrogens with one attached hydrogen (secondary N) is 1. The number of carbonyl (C=O) groups is 4. The molecule has 0 bridgehead atoms. The standard InChI is InChI=1S/C39H40N2O9/c1-47-33-19-13-18-32(34(33)48-2)39(28-14-7-5-8-15-28,29-16-9-6-10-17-29)50-25-12-4-3-11-24-49-38(46)40-22-23-41-35(42)30-21-20-27(37(44)45)26-31(30)36(41)43/h5-10,13-21,26H,3-4,11-12,22-25H2,1-2H3,(H,40,46)(H,44,45). The second kappa shape index (κ2) is 16.6. The van der Waals surface area contributed by atoms with E-state index in [0.29, 0.717) is 24.5 Å². The minimum absolute atomic E-state index is 0.00389. The maximum atomic E-state index is 12.7. The average Bonchev–Trinajstić information content (AvgIpc) is 3.38. The van der Waals surface area contributed by atoms with E-state index < -0.39 is 29.5 Å². The van der Waals surface area contributed by atoms with E-state index in [9.17, 15) is 24.3 Å². The van der Waals surface area contributed by atoms with Crippen LogP contribution < -0.4 is 14.8 Å². The highest BCUT2D eigenvalue weighted by Gasteiger charge is 2.41. The van der Waals surface area contributed by atoms with Crippen molar-refractivity contribution >= 4 is 23.9 Å². The molecule has 3 amide bonds. The first kappa shape index (κ1) is 35.6. The maximum Gasteiger partial charge on any atom is 0.407 e. The molecular formula is C39H40N2O9. The molecular weight excluding hydrogens is 640 g/mol. The molecule has 1 heterocycles. The minimum atomic E-state index is -1.19. The number of fused-ring (bicyclic) bond motifs is 1. The molecule has 0 saturated carbocycles. The van der Waals surface area contributed by atoms with E-state index in [0.717, 1.165) is 40.9 Å². The van der Waals surface area contributed by atoms with E-state index in [1.807, 2.05) is 78.9 Å². The van der Waals surface area contributed by atoms with Gasteiger partial charge in [0, 0.05) is 25.3 Å². The van der Waals surface area contributed by atoms with Gasteiger partial charge in [0.1, 0.15) is 5.60 Å². The zero-order valence-electron chi connectivity index (χ0n) is 28.1. The number of nitrogens with zero attached hydrogens (tertiary/aromatic N) is 1. The van der Waals surface area contributed by atoms with Crippen molar-refractivity contribution < 1.29 is 43.2 Å². The van der Waals surface area contributed by atoms with Gasteiger partial charge in [-0.05, 0) is 54.7 Å². The number of unbranched alkanes of at least 4 members (excludes halogenated alkanes) is 3. The highest BCUT2D eigenvalue weighted by Crippen LogP contribution is 2.47. The Labute approximate surface area is 290 Å². The molecule has 4 aromatic rings. The summed E-state index contributed by atoms with van der Waals surface area (Å²) in [5.74, 6) is -1.12. The summed E-state index contributed by atoms with van der Waals surface area (Å²) in [6, 6.07) is 29.7. The zero-order valence-corrected chi connectivity index (χ0v) is 28.1. The van der Waals surface area contributed by atoms with Gasteiger partial charge in [-0.15, -0.1) is 0 Å². The molecule has 0 atom stereocenters. The normalized spacial score (nSPS) is 12.4. The number of aromatic carboxylic acids is 1. The van der Waals surface area contributed by atoms with Crippen molar-refractivity contribution in [2.45, 2.75) is 31.3 Å². The molecule has 11 heteroatoms. The van der Waals surface area contributed by atoms with E-state index in [1.54, 1.807) is 14.2 Å². The Morgan fingerprint density at radius 3 is 2.00 bits per heavy atom. The van der Waals surface area contributed by atoms with Crippen molar-refractivity contribution in [1.29, 1.82) is 0 Å². The largest absolute Gasteiger partial charge is 0.493 e. The highest BCUT2D eigenvalue weighted by molar-refractivity contribution is 6.21. The summed E-state index contributed by atoms with van der Waals surface area (Å²) in [5, 5.41) is 11.7. The molecule has 0 unspecified atom stereocenters. The number of alkyl carbamates (subject to hydrolysis) is 1. The van der Waals surface area contributed by atoms with Crippen LogP contribution in [0.2, 0.25) is 0 Å². The van der Waals surface area contributed by atoms with Gasteiger partial charge in [0.05, 0.1) is 37.5 Å². The van der Waals surface area contributed by atoms with Gasteiger partial charge in [-0.25, -0.2) is 9.59 Å². The van der Waals surface area contributed by atoms with Crippen molar-refractivity contribution in [3.8, 4) is 11.5 Å². The summed E-state index contributed by atoms with van der Waals surface area (Å²) in [7, 11) is 3.24. The minimum Gasteiger partial charge on any atom is -0.493 e. The molecule has 0 saturated heterocycles. The van der Waals surface area contributed by atoms with Gasteiger partial charge < -0.3 is 29.4 Å². The average molecular weight is 681 g/mol. The lowest BCUT2D eigenvalue weighted by atomic mass is 9.79. The number of hydrogen-bond donors (Lipinski definition) is 2. The van der Waals surface area contributed by atoms with Gasteiger partial charge >= 0.3 is 12.1 Å². The highest BCUT2D eigenvalue weighted by atomic mass is 16.5. The van der Waals surface area contributed by atoms with Gasteiger partial charge in [0.2, 0.25) is 0 Å². The van der Waals surface area contributed by atoms with E-state index in [-0.39, 0.29) is 36.4 Å². The first-order valence-corrected chi connectivity index (χ1v) is 16.4. The monoisotopic (exact) mass is 680 g/mol. The quantitative estimate of drug-likeness (QED) is 0.0748. The number of amides is 3. The molecule has 0 aliphatic carbocycles. The molecule has 1 aliphatic rings. The zero-order chi connectivity index (χ0) is 35.5. The van der Waals surface area contributed by atoms with E-state index >= 15 is 0 Å². The van der Waals surface area contributed by atoms with Crippen LogP contribution in [0.15, 0.2) is 97.1 Å². The molecule has 11 nitrogen and oxygen atoms in total. The Morgan fingerprint density at radius 1 is 0.740 bits per heavy atom. The fraction of sp³-hybridized carbons (Fsp3) is 0.282. The van der Waals surface area contributed by atoms with Crippen LogP contribution in [0.3, 0.4) is 0 Å². The summed E-state index contributed by atoms with van der Waals surface area (Å²) < 4.78 is 23.7. The second-order valence-electron chi connectivity index (χ2n) is 11.6. The Bertz CT molecular complexity index is 1770. The van der Waals surface area contributed by atoms with Crippen LogP contribution >= 0.6 is 0 Å². The smallest absolute Gasteiger partial charge is 0.407 e. The van der Waals surface area contributed by atoms with Crippen molar-refractivity contribution in [3.63, 3.8) is 0 Å². The van der Waals surface area contributed by atoms with Crippen molar-refractivity contribution in [1.82, 2.24) is 10.2 Å². The second-order valence-corrected chi connectivity index (χ2v) is 11.6. The number of para-hydroxylation sites is 1. The summed E-state index contributed by atoms with van der Waals surface area (Å²) in [6.07, 6.45) is 2.39. The molecule has 0 radical (unpaired) electrons. The fourth-order valence-electron chi connectivity index (χ4n) is 6.13. The van der Waals surface area contributed by atoms with Crippen LogP contribution in [0.4, 0.5) is 4.79 Å². The number of carboxylic acid groups (broad SMARTS) is 1. The lowest BCUT2D eigenvalue weighted by Gasteiger charge is -2.37. The van der Waals surface area contributed by atoms with Crippen LogP contribution in [0.1, 0.15) is 73.4 Å². The van der Waals surface area contributed by atoms with Gasteiger partial charge in [0.15, 0.2) is 11.5 Å². The number of imide groups is 1. The predicted molar refractivity (Wildman–Crippen MR) is 185 cm³/mol. The number of rotatable bonds is 17. The van der Waals surface area contributed by atoms with Crippen molar-refractivity contribution in [3.05, 3.63) is 130 Å². The Kier molecular flexibility index (Phi) is 11.8. The third kappa shape index (κ3) is 7.63. The van der Waals surface area contributed by atoms with E-state index in [1.165, 1.54) is 18.2 Å². The van der Waals surface area contributed by atoms with Gasteiger partial charge in [-0.3, -0.25) is 14.5 Å². The topological polar surface area (TPSA) is 141 Å². The molecule has 1 aliphatic heterocycles. The van der Waals surface area contributed by atoms with Gasteiger partial charge in [-0.2, -0.15) is 0 Å². The summed E-state index contributed by atoms with van der Waals surface area (Å²) in [6.45, 7) is 0.576. The van der Waals surface area contributed by atoms with E-state index in [4.69, 9.17) is 18.9 Å². The first-order valence-electron chi connectivity index (χ1n) is 16.4. The van der Waals surface area contributed by atoms with Crippen LogP contribution in [0.5, 0.6) is 11.5 Å². The fourth-order valence-corrected chi connectivity index (χ4v) is 6.13. The van der Waals surface area contributed by atoms with Crippen LogP contribution in [0.25, 0.3) is 0 Å². The number of carbonyl (C=O) groups excluding carboxylic acids is 3. The summed E-state index contributed by atoms with van der Waals surface area (Å²) in [4.78, 5) is 49.7. The third-order valence-corrected chi connectivity index (χ3v) is 8.56. The number of carboxylic acids is 1. The van der Waals surface area contributed by atoms with Crippen LogP contribution in [-0.2, 0) is 15.1 Å². The molecule has 0 aromatic heterocycles. The molecule has 4 aromatic carbocycles. The molecule has 0 spiro atoms. The first-order chi connectivity index (χ1) is 24.3. The van der Waals surface area contributed by atoms with Crippen molar-refractivity contribution in [2.75, 3.05) is 40.5 Å². The molecule has 50 heavy (non-hydrogen) atoms. The molecule has 0 fully saturated rings. The Morgan fingerprint density at radius 2 is 1.38 bits per heavy atom. The lowest BCUT2D eigenvalue weighted by molar-refractivity contribution is 0.00874. The maximum absolute atomic E-state index is 12.7. The summed E-state index contributed by atoms with van der Waals surface area (Å²) in [5.41, 5.74) is 1.85.